The van der Waals surface area contributed by atoms with Gasteiger partial charge in [-0.3, -0.25) is 9.48 Å². The fourth-order valence-electron chi connectivity index (χ4n) is 2.79. The van der Waals surface area contributed by atoms with Gasteiger partial charge in [0.15, 0.2) is 0 Å². The molecule has 1 aromatic heterocycles. The second-order valence-electron chi connectivity index (χ2n) is 5.61. The summed E-state index contributed by atoms with van der Waals surface area (Å²) in [6.07, 6.45) is 4.51. The topological polar surface area (TPSA) is 58.4 Å². The van der Waals surface area contributed by atoms with Gasteiger partial charge in [0.1, 0.15) is 0 Å². The highest BCUT2D eigenvalue weighted by molar-refractivity contribution is 5.95. The van der Waals surface area contributed by atoms with Crippen molar-refractivity contribution in [1.29, 1.82) is 0 Å². The number of likely N-dealkylation sites (tertiary alicyclic amines) is 1. The van der Waals surface area contributed by atoms with Crippen LogP contribution in [0.3, 0.4) is 0 Å². The maximum Gasteiger partial charge on any atom is 0.257 e. The number of hydrogen-bond donors (Lipinski definition) is 1. The molecule has 1 saturated heterocycles. The van der Waals surface area contributed by atoms with Crippen molar-refractivity contribution >= 4 is 5.91 Å². The Kier molecular flexibility index (Phi) is 3.94. The van der Waals surface area contributed by atoms with Crippen LogP contribution in [0, 0.1) is 12.3 Å². The first kappa shape index (κ1) is 14.1. The molecule has 1 aromatic rings. The molecular formula is C14H23N3O2. The molecule has 1 amide bonds. The molecule has 0 aliphatic carbocycles. The van der Waals surface area contributed by atoms with Crippen molar-refractivity contribution in [1.82, 2.24) is 14.7 Å². The first-order valence-corrected chi connectivity index (χ1v) is 6.92. The second-order valence-corrected chi connectivity index (χ2v) is 5.61. The Balaban J connectivity index is 2.06. The van der Waals surface area contributed by atoms with Crippen LogP contribution in [0.2, 0.25) is 0 Å². The summed E-state index contributed by atoms with van der Waals surface area (Å²) in [6, 6.07) is 0. The maximum absolute atomic E-state index is 12.4. The minimum atomic E-state index is 0.0146. The summed E-state index contributed by atoms with van der Waals surface area (Å²) in [4.78, 5) is 14.3. The van der Waals surface area contributed by atoms with Crippen molar-refractivity contribution in [2.75, 3.05) is 19.7 Å². The Morgan fingerprint density at radius 3 is 2.53 bits per heavy atom. The van der Waals surface area contributed by atoms with Crippen LogP contribution in [0.1, 0.15) is 42.2 Å². The Morgan fingerprint density at radius 1 is 1.47 bits per heavy atom. The number of rotatable bonds is 3. The molecule has 0 spiro atoms. The third kappa shape index (κ3) is 2.66. The van der Waals surface area contributed by atoms with Gasteiger partial charge in [0.25, 0.3) is 5.91 Å². The maximum atomic E-state index is 12.4. The highest BCUT2D eigenvalue weighted by Crippen LogP contribution is 2.34. The summed E-state index contributed by atoms with van der Waals surface area (Å²) in [6.45, 7) is 5.64. The first-order valence-electron chi connectivity index (χ1n) is 6.92. The number of nitrogens with zero attached hydrogens (tertiary/aromatic N) is 3. The molecule has 5 nitrogen and oxygen atoms in total. The molecule has 0 bridgehead atoms. The largest absolute Gasteiger partial charge is 0.396 e. The van der Waals surface area contributed by atoms with Crippen molar-refractivity contribution in [3.63, 3.8) is 0 Å². The van der Waals surface area contributed by atoms with Gasteiger partial charge in [-0.15, -0.1) is 0 Å². The van der Waals surface area contributed by atoms with Gasteiger partial charge >= 0.3 is 0 Å². The Bertz CT molecular complexity index is 453. The minimum Gasteiger partial charge on any atom is -0.396 e. The second kappa shape index (κ2) is 5.33. The van der Waals surface area contributed by atoms with E-state index in [-0.39, 0.29) is 17.9 Å². The van der Waals surface area contributed by atoms with Crippen LogP contribution in [0.5, 0.6) is 0 Å². The van der Waals surface area contributed by atoms with Crippen LogP contribution >= 0.6 is 0 Å². The van der Waals surface area contributed by atoms with Crippen molar-refractivity contribution in [3.8, 4) is 0 Å². The quantitative estimate of drug-likeness (QED) is 0.897. The predicted octanol–water partition coefficient (Wildman–Crippen LogP) is 1.35. The lowest BCUT2D eigenvalue weighted by molar-refractivity contribution is 0.0337. The molecule has 2 heterocycles. The van der Waals surface area contributed by atoms with E-state index in [4.69, 9.17) is 0 Å². The fourth-order valence-corrected chi connectivity index (χ4v) is 2.79. The van der Waals surface area contributed by atoms with E-state index in [1.165, 1.54) is 0 Å². The van der Waals surface area contributed by atoms with Crippen LogP contribution in [0.15, 0.2) is 6.20 Å². The highest BCUT2D eigenvalue weighted by atomic mass is 16.3. The normalized spacial score (nSPS) is 18.6. The van der Waals surface area contributed by atoms with Crippen molar-refractivity contribution < 1.29 is 9.90 Å². The summed E-state index contributed by atoms with van der Waals surface area (Å²) < 4.78 is 1.68. The molecule has 0 atom stereocenters. The average Bonchev–Trinajstić information content (AvgIpc) is 2.77. The van der Waals surface area contributed by atoms with Gasteiger partial charge in [-0.1, -0.05) is 6.92 Å². The van der Waals surface area contributed by atoms with E-state index in [2.05, 4.69) is 12.0 Å². The summed E-state index contributed by atoms with van der Waals surface area (Å²) in [5, 5.41) is 13.7. The monoisotopic (exact) mass is 265 g/mol. The van der Waals surface area contributed by atoms with Gasteiger partial charge in [-0.25, -0.2) is 0 Å². The number of aromatic nitrogens is 2. The van der Waals surface area contributed by atoms with Gasteiger partial charge < -0.3 is 10.0 Å². The van der Waals surface area contributed by atoms with E-state index in [1.54, 1.807) is 10.9 Å². The lowest BCUT2D eigenvalue weighted by atomic mass is 9.77. The Morgan fingerprint density at radius 2 is 2.11 bits per heavy atom. The number of carbonyl (C=O) groups is 1. The molecule has 106 valence electrons. The molecule has 1 N–H and O–H groups in total. The number of carbonyl (C=O) groups excluding carboxylic acids is 1. The molecular weight excluding hydrogens is 242 g/mol. The van der Waals surface area contributed by atoms with Gasteiger partial charge in [0, 0.05) is 32.9 Å². The Labute approximate surface area is 114 Å². The van der Waals surface area contributed by atoms with Crippen LogP contribution in [-0.2, 0) is 7.05 Å². The molecule has 2 rings (SSSR count). The summed E-state index contributed by atoms with van der Waals surface area (Å²) in [7, 11) is 1.83. The lowest BCUT2D eigenvalue weighted by Gasteiger charge is -2.40. The lowest BCUT2D eigenvalue weighted by Crippen LogP contribution is -2.44. The van der Waals surface area contributed by atoms with E-state index in [0.717, 1.165) is 38.0 Å². The van der Waals surface area contributed by atoms with Crippen LogP contribution in [-0.4, -0.2) is 45.4 Å². The standard InChI is InChI=1S/C14H23N3O2/c1-4-14(10-18)5-7-17(8-6-14)13(19)12-9-16(3)15-11(12)2/h9,18H,4-8,10H2,1-3H3. The van der Waals surface area contributed by atoms with E-state index in [9.17, 15) is 9.90 Å². The number of aliphatic hydroxyl groups excluding tert-OH is 1. The van der Waals surface area contributed by atoms with Crippen molar-refractivity contribution in [2.24, 2.45) is 12.5 Å². The van der Waals surface area contributed by atoms with Crippen LogP contribution in [0.25, 0.3) is 0 Å². The summed E-state index contributed by atoms with van der Waals surface area (Å²) in [5.41, 5.74) is 1.48. The third-order valence-electron chi connectivity index (χ3n) is 4.44. The number of piperidine rings is 1. The van der Waals surface area contributed by atoms with Gasteiger partial charge in [-0.2, -0.15) is 5.10 Å². The minimum absolute atomic E-state index is 0.0146. The molecule has 1 aliphatic rings. The molecule has 0 unspecified atom stereocenters. The molecule has 5 heteroatoms. The van der Waals surface area contributed by atoms with Gasteiger partial charge in [0.05, 0.1) is 11.3 Å². The van der Waals surface area contributed by atoms with Gasteiger partial charge in [-0.05, 0) is 31.6 Å². The zero-order valence-corrected chi connectivity index (χ0v) is 12.0. The smallest absolute Gasteiger partial charge is 0.257 e. The van der Waals surface area contributed by atoms with Crippen LogP contribution in [0.4, 0.5) is 0 Å². The highest BCUT2D eigenvalue weighted by Gasteiger charge is 2.34. The third-order valence-corrected chi connectivity index (χ3v) is 4.44. The molecule has 0 aromatic carbocycles. The number of hydrogen-bond acceptors (Lipinski definition) is 3. The molecule has 0 radical (unpaired) electrons. The zero-order valence-electron chi connectivity index (χ0n) is 12.0. The van der Waals surface area contributed by atoms with Gasteiger partial charge in [0.2, 0.25) is 0 Å². The summed E-state index contributed by atoms with van der Waals surface area (Å²) >= 11 is 0. The molecule has 1 aliphatic heterocycles. The zero-order chi connectivity index (χ0) is 14.0. The van der Waals surface area contributed by atoms with E-state index < -0.39 is 0 Å². The number of amides is 1. The van der Waals surface area contributed by atoms with E-state index >= 15 is 0 Å². The Hall–Kier alpha value is -1.36. The SMILES string of the molecule is CCC1(CO)CCN(C(=O)c2cn(C)nc2C)CC1. The number of aryl methyl sites for hydroxylation is 2. The first-order chi connectivity index (χ1) is 9.01. The molecule has 19 heavy (non-hydrogen) atoms. The molecule has 1 fully saturated rings. The number of aliphatic hydroxyl groups is 1. The summed E-state index contributed by atoms with van der Waals surface area (Å²) in [5.74, 6) is 0.0632. The van der Waals surface area contributed by atoms with Crippen molar-refractivity contribution in [2.45, 2.75) is 33.1 Å². The van der Waals surface area contributed by atoms with E-state index in [0.29, 0.717) is 5.56 Å². The molecule has 0 saturated carbocycles. The predicted molar refractivity (Wildman–Crippen MR) is 72.9 cm³/mol. The van der Waals surface area contributed by atoms with E-state index in [1.807, 2.05) is 18.9 Å². The average molecular weight is 265 g/mol. The van der Waals surface area contributed by atoms with Crippen molar-refractivity contribution in [3.05, 3.63) is 17.5 Å². The fraction of sp³-hybridized carbons (Fsp3) is 0.714. The van der Waals surface area contributed by atoms with Crippen LogP contribution < -0.4 is 0 Å².